The third-order valence-corrected chi connectivity index (χ3v) is 3.07. The van der Waals surface area contributed by atoms with E-state index in [9.17, 15) is 13.6 Å². The minimum absolute atomic E-state index is 0.0411. The van der Waals surface area contributed by atoms with Gasteiger partial charge in [-0.25, -0.2) is 0 Å². The second kappa shape index (κ2) is 8.12. The Balaban J connectivity index is 1.91. The van der Waals surface area contributed by atoms with Crippen LogP contribution in [0.15, 0.2) is 54.6 Å². The molecule has 0 spiro atoms. The summed E-state index contributed by atoms with van der Waals surface area (Å²) in [5.74, 6) is 0.275. The molecule has 2 aromatic rings. The van der Waals surface area contributed by atoms with E-state index in [1.165, 1.54) is 6.07 Å². The second-order valence-electron chi connectivity index (χ2n) is 4.78. The molecular weight excluding hydrogens is 304 g/mol. The number of rotatable bonds is 7. The van der Waals surface area contributed by atoms with Crippen molar-refractivity contribution in [2.24, 2.45) is 0 Å². The zero-order valence-electron chi connectivity index (χ0n) is 12.5. The fourth-order valence-electron chi connectivity index (χ4n) is 1.94. The number of hydrogen-bond donors (Lipinski definition) is 1. The minimum Gasteiger partial charge on any atom is -0.481 e. The van der Waals surface area contributed by atoms with E-state index >= 15 is 0 Å². The van der Waals surface area contributed by atoms with Gasteiger partial charge in [-0.1, -0.05) is 36.4 Å². The van der Waals surface area contributed by atoms with Gasteiger partial charge in [-0.3, -0.25) is 4.79 Å². The smallest absolute Gasteiger partial charge is 0.387 e. The Morgan fingerprint density at radius 3 is 2.39 bits per heavy atom. The van der Waals surface area contributed by atoms with E-state index in [-0.39, 0.29) is 18.2 Å². The van der Waals surface area contributed by atoms with Crippen molar-refractivity contribution in [3.05, 3.63) is 60.2 Å². The lowest BCUT2D eigenvalue weighted by molar-refractivity contribution is -0.127. The average molecular weight is 321 g/mol. The van der Waals surface area contributed by atoms with Crippen molar-refractivity contribution in [3.63, 3.8) is 0 Å². The summed E-state index contributed by atoms with van der Waals surface area (Å²) >= 11 is 0. The first kappa shape index (κ1) is 16.7. The molecule has 1 amide bonds. The van der Waals surface area contributed by atoms with E-state index in [1.54, 1.807) is 49.4 Å². The van der Waals surface area contributed by atoms with E-state index in [0.29, 0.717) is 11.3 Å². The predicted octanol–water partition coefficient (Wildman–Crippen LogP) is 3.37. The summed E-state index contributed by atoms with van der Waals surface area (Å²) in [5, 5.41) is 2.64. The lowest BCUT2D eigenvalue weighted by Crippen LogP contribution is -2.36. The van der Waals surface area contributed by atoms with Crippen LogP contribution < -0.4 is 14.8 Å². The summed E-state index contributed by atoms with van der Waals surface area (Å²) in [4.78, 5) is 12.0. The van der Waals surface area contributed by atoms with Crippen LogP contribution in [-0.2, 0) is 11.3 Å². The van der Waals surface area contributed by atoms with Crippen LogP contribution in [0.3, 0.4) is 0 Å². The van der Waals surface area contributed by atoms with E-state index in [1.807, 2.05) is 6.07 Å². The van der Waals surface area contributed by atoms with E-state index < -0.39 is 12.7 Å². The normalized spacial score (nSPS) is 11.8. The largest absolute Gasteiger partial charge is 0.481 e. The van der Waals surface area contributed by atoms with Crippen molar-refractivity contribution in [2.75, 3.05) is 0 Å². The molecule has 0 saturated heterocycles. The lowest BCUT2D eigenvalue weighted by Gasteiger charge is -2.16. The average Bonchev–Trinajstić information content (AvgIpc) is 2.54. The van der Waals surface area contributed by atoms with Gasteiger partial charge in [-0.2, -0.15) is 8.78 Å². The summed E-state index contributed by atoms with van der Waals surface area (Å²) in [7, 11) is 0. The van der Waals surface area contributed by atoms with Gasteiger partial charge in [0.05, 0.1) is 0 Å². The van der Waals surface area contributed by atoms with Crippen molar-refractivity contribution in [1.82, 2.24) is 5.32 Å². The molecule has 2 rings (SSSR count). The van der Waals surface area contributed by atoms with Gasteiger partial charge in [0.1, 0.15) is 11.5 Å². The molecule has 0 bridgehead atoms. The van der Waals surface area contributed by atoms with Gasteiger partial charge in [0, 0.05) is 12.1 Å². The van der Waals surface area contributed by atoms with Crippen molar-refractivity contribution >= 4 is 5.91 Å². The van der Waals surface area contributed by atoms with E-state index in [4.69, 9.17) is 4.74 Å². The second-order valence-corrected chi connectivity index (χ2v) is 4.78. The highest BCUT2D eigenvalue weighted by Crippen LogP contribution is 2.20. The lowest BCUT2D eigenvalue weighted by atomic mass is 10.2. The fourth-order valence-corrected chi connectivity index (χ4v) is 1.94. The highest BCUT2D eigenvalue weighted by atomic mass is 19.3. The van der Waals surface area contributed by atoms with Crippen molar-refractivity contribution in [3.8, 4) is 11.5 Å². The molecule has 1 atom stereocenters. The maximum atomic E-state index is 12.3. The van der Waals surface area contributed by atoms with Crippen molar-refractivity contribution in [1.29, 1.82) is 0 Å². The molecule has 0 radical (unpaired) electrons. The fraction of sp³-hybridized carbons (Fsp3) is 0.235. The molecule has 23 heavy (non-hydrogen) atoms. The minimum atomic E-state index is -2.91. The van der Waals surface area contributed by atoms with E-state index in [0.717, 1.165) is 0 Å². The number of nitrogens with one attached hydrogen (secondary N) is 1. The first-order valence-corrected chi connectivity index (χ1v) is 7.08. The number of carbonyl (C=O) groups is 1. The van der Waals surface area contributed by atoms with Gasteiger partial charge < -0.3 is 14.8 Å². The maximum absolute atomic E-state index is 12.3. The molecule has 6 heteroatoms. The Labute approximate surface area is 133 Å². The molecule has 0 aliphatic heterocycles. The number of carbonyl (C=O) groups excluding carboxylic acids is 1. The third-order valence-electron chi connectivity index (χ3n) is 3.07. The van der Waals surface area contributed by atoms with Crippen LogP contribution in [0.5, 0.6) is 11.5 Å². The van der Waals surface area contributed by atoms with Crippen molar-refractivity contribution in [2.45, 2.75) is 26.2 Å². The quantitative estimate of drug-likeness (QED) is 0.850. The number of hydrogen-bond acceptors (Lipinski definition) is 3. The first-order valence-electron chi connectivity index (χ1n) is 7.08. The number of benzene rings is 2. The van der Waals surface area contributed by atoms with E-state index in [2.05, 4.69) is 10.1 Å². The van der Waals surface area contributed by atoms with Gasteiger partial charge in [-0.05, 0) is 25.1 Å². The van der Waals surface area contributed by atoms with Gasteiger partial charge in [0.25, 0.3) is 5.91 Å². The third kappa shape index (κ3) is 5.25. The maximum Gasteiger partial charge on any atom is 0.387 e. The Morgan fingerprint density at radius 1 is 1.04 bits per heavy atom. The van der Waals surface area contributed by atoms with Crippen LogP contribution in [0.1, 0.15) is 12.5 Å². The molecule has 2 aromatic carbocycles. The number of ether oxygens (including phenoxy) is 2. The molecule has 0 aromatic heterocycles. The van der Waals surface area contributed by atoms with Gasteiger partial charge in [0.15, 0.2) is 6.10 Å². The molecule has 0 saturated carbocycles. The molecule has 1 N–H and O–H groups in total. The van der Waals surface area contributed by atoms with Crippen LogP contribution >= 0.6 is 0 Å². The predicted molar refractivity (Wildman–Crippen MR) is 81.5 cm³/mol. The Kier molecular flexibility index (Phi) is 5.91. The summed E-state index contributed by atoms with van der Waals surface area (Å²) < 4.78 is 34.6. The number of alkyl halides is 2. The molecular formula is C17H17F2NO3. The monoisotopic (exact) mass is 321 g/mol. The summed E-state index contributed by atoms with van der Waals surface area (Å²) in [5.41, 5.74) is 0.466. The SMILES string of the molecule is C[C@@H](Oc1ccccc1)C(=O)NCc1ccccc1OC(F)F. The number of halogens is 2. The highest BCUT2D eigenvalue weighted by molar-refractivity contribution is 5.80. The molecule has 0 aliphatic rings. The summed E-state index contributed by atoms with van der Waals surface area (Å²) in [6, 6.07) is 15.3. The summed E-state index contributed by atoms with van der Waals surface area (Å²) in [6.45, 7) is -1.22. The topological polar surface area (TPSA) is 47.6 Å². The van der Waals surface area contributed by atoms with Crippen LogP contribution in [0.25, 0.3) is 0 Å². The molecule has 0 unspecified atom stereocenters. The van der Waals surface area contributed by atoms with Crippen LogP contribution in [-0.4, -0.2) is 18.6 Å². The Hall–Kier alpha value is -2.63. The molecule has 4 nitrogen and oxygen atoms in total. The molecule has 0 fully saturated rings. The Morgan fingerprint density at radius 2 is 1.70 bits per heavy atom. The molecule has 122 valence electrons. The van der Waals surface area contributed by atoms with Gasteiger partial charge in [-0.15, -0.1) is 0 Å². The standard InChI is InChI=1S/C17H17F2NO3/c1-12(22-14-8-3-2-4-9-14)16(21)20-11-13-7-5-6-10-15(13)23-17(18)19/h2-10,12,17H,11H2,1H3,(H,20,21)/t12-/m1/s1. The molecule has 0 heterocycles. The number of amides is 1. The van der Waals surface area contributed by atoms with Crippen LogP contribution in [0.4, 0.5) is 8.78 Å². The van der Waals surface area contributed by atoms with Gasteiger partial charge >= 0.3 is 6.61 Å². The highest BCUT2D eigenvalue weighted by Gasteiger charge is 2.15. The molecule has 0 aliphatic carbocycles. The first-order chi connectivity index (χ1) is 11.1. The van der Waals surface area contributed by atoms with Crippen molar-refractivity contribution < 1.29 is 23.0 Å². The Bertz CT molecular complexity index is 635. The van der Waals surface area contributed by atoms with Crippen LogP contribution in [0, 0.1) is 0 Å². The zero-order valence-corrected chi connectivity index (χ0v) is 12.5. The van der Waals surface area contributed by atoms with Crippen LogP contribution in [0.2, 0.25) is 0 Å². The number of para-hydroxylation sites is 2. The van der Waals surface area contributed by atoms with Gasteiger partial charge in [0.2, 0.25) is 0 Å². The summed E-state index contributed by atoms with van der Waals surface area (Å²) in [6.07, 6.45) is -0.708. The zero-order chi connectivity index (χ0) is 16.7.